The molecule has 0 saturated heterocycles. The van der Waals surface area contributed by atoms with Crippen LogP contribution in [0.5, 0.6) is 0 Å². The van der Waals surface area contributed by atoms with Crippen LogP contribution in [0.25, 0.3) is 0 Å². The fourth-order valence-corrected chi connectivity index (χ4v) is 2.16. The number of unbranched alkanes of at least 4 members (excludes halogenated alkanes) is 1. The first-order valence-corrected chi connectivity index (χ1v) is 5.87. The van der Waals surface area contributed by atoms with Gasteiger partial charge in [0.1, 0.15) is 0 Å². The minimum absolute atomic E-state index is 0.369. The summed E-state index contributed by atoms with van der Waals surface area (Å²) in [6, 6.07) is 0. The summed E-state index contributed by atoms with van der Waals surface area (Å²) < 4.78 is 0. The third kappa shape index (κ3) is 3.30. The van der Waals surface area contributed by atoms with Gasteiger partial charge in [-0.25, -0.2) is 0 Å². The van der Waals surface area contributed by atoms with Gasteiger partial charge in [-0.1, -0.05) is 39.5 Å². The number of aliphatic hydroxyl groups excluding tert-OH is 1. The zero-order chi connectivity index (χ0) is 9.73. The van der Waals surface area contributed by atoms with E-state index in [1.807, 2.05) is 0 Å². The van der Waals surface area contributed by atoms with Gasteiger partial charge < -0.3 is 5.11 Å². The third-order valence-corrected chi connectivity index (χ3v) is 3.56. The summed E-state index contributed by atoms with van der Waals surface area (Å²) in [5.41, 5.74) is 0.369. The van der Waals surface area contributed by atoms with E-state index in [2.05, 4.69) is 13.8 Å². The van der Waals surface area contributed by atoms with Gasteiger partial charge >= 0.3 is 0 Å². The van der Waals surface area contributed by atoms with Crippen LogP contribution in [0.3, 0.4) is 0 Å². The minimum atomic E-state index is 0.369. The molecule has 0 radical (unpaired) electrons. The van der Waals surface area contributed by atoms with Gasteiger partial charge in [-0.2, -0.15) is 0 Å². The summed E-state index contributed by atoms with van der Waals surface area (Å²) in [4.78, 5) is 0. The fraction of sp³-hybridized carbons (Fsp3) is 1.00. The summed E-state index contributed by atoms with van der Waals surface area (Å²) >= 11 is 0. The topological polar surface area (TPSA) is 20.2 Å². The molecule has 0 aliphatic heterocycles. The predicted molar refractivity (Wildman–Crippen MR) is 56.7 cm³/mol. The van der Waals surface area contributed by atoms with E-state index >= 15 is 0 Å². The molecule has 1 heteroatoms. The van der Waals surface area contributed by atoms with Gasteiger partial charge in [0.05, 0.1) is 0 Å². The summed E-state index contributed by atoms with van der Waals surface area (Å²) in [6.07, 6.45) is 9.15. The van der Waals surface area contributed by atoms with Crippen LogP contribution < -0.4 is 0 Å². The van der Waals surface area contributed by atoms with Gasteiger partial charge in [-0.15, -0.1) is 0 Å². The zero-order valence-corrected chi connectivity index (χ0v) is 9.18. The van der Waals surface area contributed by atoms with Crippen LogP contribution in [0.2, 0.25) is 0 Å². The first-order chi connectivity index (χ1) is 6.26. The highest BCUT2D eigenvalue weighted by atomic mass is 16.3. The quantitative estimate of drug-likeness (QED) is 0.643. The van der Waals surface area contributed by atoms with Crippen molar-refractivity contribution in [1.82, 2.24) is 0 Å². The second-order valence-corrected chi connectivity index (χ2v) is 4.78. The maximum atomic E-state index is 9.23. The average molecular weight is 184 g/mol. The van der Waals surface area contributed by atoms with Gasteiger partial charge in [0.2, 0.25) is 0 Å². The van der Waals surface area contributed by atoms with Crippen molar-refractivity contribution in [3.63, 3.8) is 0 Å². The van der Waals surface area contributed by atoms with Gasteiger partial charge in [0.15, 0.2) is 0 Å². The molecular weight excluding hydrogens is 160 g/mol. The lowest BCUT2D eigenvalue weighted by atomic mass is 9.87. The Kier molecular flexibility index (Phi) is 4.24. The Balaban J connectivity index is 2.22. The van der Waals surface area contributed by atoms with Crippen molar-refractivity contribution in [3.05, 3.63) is 0 Å². The summed E-state index contributed by atoms with van der Waals surface area (Å²) in [5.74, 6) is 0.870. The molecule has 0 aromatic carbocycles. The van der Waals surface area contributed by atoms with Crippen molar-refractivity contribution in [1.29, 1.82) is 0 Å². The summed E-state index contributed by atoms with van der Waals surface area (Å²) in [7, 11) is 0. The Hall–Kier alpha value is -0.0400. The number of rotatable bonds is 7. The molecule has 1 fully saturated rings. The maximum Gasteiger partial charge on any atom is 0.0487 e. The van der Waals surface area contributed by atoms with E-state index in [4.69, 9.17) is 0 Å². The van der Waals surface area contributed by atoms with Gasteiger partial charge in [0, 0.05) is 6.61 Å². The van der Waals surface area contributed by atoms with E-state index in [1.54, 1.807) is 0 Å². The molecule has 1 N–H and O–H groups in total. The van der Waals surface area contributed by atoms with Crippen molar-refractivity contribution in [2.75, 3.05) is 6.61 Å². The van der Waals surface area contributed by atoms with E-state index in [1.165, 1.54) is 44.9 Å². The highest BCUT2D eigenvalue weighted by molar-refractivity contribution is 4.93. The normalized spacial score (nSPS) is 21.5. The van der Waals surface area contributed by atoms with Crippen LogP contribution in [-0.2, 0) is 0 Å². The molecule has 1 unspecified atom stereocenters. The van der Waals surface area contributed by atoms with E-state index in [0.717, 1.165) is 5.92 Å². The van der Waals surface area contributed by atoms with Crippen LogP contribution in [0.15, 0.2) is 0 Å². The van der Waals surface area contributed by atoms with Crippen molar-refractivity contribution >= 4 is 0 Å². The van der Waals surface area contributed by atoms with Crippen molar-refractivity contribution in [3.8, 4) is 0 Å². The lowest BCUT2D eigenvalue weighted by Crippen LogP contribution is -2.13. The molecule has 1 aliphatic carbocycles. The molecule has 0 heterocycles. The first kappa shape index (κ1) is 11.0. The third-order valence-electron chi connectivity index (χ3n) is 3.56. The van der Waals surface area contributed by atoms with Crippen molar-refractivity contribution < 1.29 is 5.11 Å². The van der Waals surface area contributed by atoms with E-state index in [0.29, 0.717) is 12.0 Å². The van der Waals surface area contributed by atoms with Crippen LogP contribution in [0.4, 0.5) is 0 Å². The largest absolute Gasteiger partial charge is 0.396 e. The molecule has 0 bridgehead atoms. The van der Waals surface area contributed by atoms with Crippen molar-refractivity contribution in [2.45, 2.75) is 58.8 Å². The number of aliphatic hydroxyl groups is 1. The zero-order valence-electron chi connectivity index (χ0n) is 9.18. The molecule has 1 aliphatic rings. The van der Waals surface area contributed by atoms with Crippen molar-refractivity contribution in [2.24, 2.45) is 11.3 Å². The molecule has 0 amide bonds. The van der Waals surface area contributed by atoms with Gasteiger partial charge in [-0.3, -0.25) is 0 Å². The molecule has 0 aromatic rings. The van der Waals surface area contributed by atoms with E-state index in [9.17, 15) is 5.11 Å². The summed E-state index contributed by atoms with van der Waals surface area (Å²) in [5, 5.41) is 9.23. The van der Waals surface area contributed by atoms with Crippen LogP contribution in [0, 0.1) is 11.3 Å². The molecule has 0 aromatic heterocycles. The van der Waals surface area contributed by atoms with E-state index in [-0.39, 0.29) is 0 Å². The highest BCUT2D eigenvalue weighted by Crippen LogP contribution is 2.51. The Labute approximate surface area is 82.5 Å². The fourth-order valence-electron chi connectivity index (χ4n) is 2.16. The molecule has 0 spiro atoms. The Morgan fingerprint density at radius 2 is 2.00 bits per heavy atom. The molecule has 1 nitrogen and oxygen atoms in total. The standard InChI is InChI=1S/C12H24O/c1-3-5-6-11(4-2)9-12(10-13)7-8-12/h11,13H,3-10H2,1-2H3. The van der Waals surface area contributed by atoms with Gasteiger partial charge in [-0.05, 0) is 30.6 Å². The molecular formula is C12H24O. The number of hydrogen-bond acceptors (Lipinski definition) is 1. The highest BCUT2D eigenvalue weighted by Gasteiger charge is 2.42. The first-order valence-electron chi connectivity index (χ1n) is 5.87. The Morgan fingerprint density at radius 3 is 2.38 bits per heavy atom. The van der Waals surface area contributed by atoms with Gasteiger partial charge in [0.25, 0.3) is 0 Å². The Morgan fingerprint density at radius 1 is 1.31 bits per heavy atom. The van der Waals surface area contributed by atoms with E-state index < -0.39 is 0 Å². The molecule has 13 heavy (non-hydrogen) atoms. The molecule has 1 atom stereocenters. The molecule has 1 rings (SSSR count). The maximum absolute atomic E-state index is 9.23. The average Bonchev–Trinajstić information content (AvgIpc) is 2.93. The van der Waals surface area contributed by atoms with Crippen LogP contribution in [-0.4, -0.2) is 11.7 Å². The monoisotopic (exact) mass is 184 g/mol. The lowest BCUT2D eigenvalue weighted by molar-refractivity contribution is 0.178. The summed E-state index contributed by atoms with van der Waals surface area (Å²) in [6.45, 7) is 4.97. The number of hydrogen-bond donors (Lipinski definition) is 1. The smallest absolute Gasteiger partial charge is 0.0487 e. The minimum Gasteiger partial charge on any atom is -0.396 e. The second kappa shape index (κ2) is 4.99. The molecule has 78 valence electrons. The molecule has 1 saturated carbocycles. The predicted octanol–water partition coefficient (Wildman–Crippen LogP) is 3.37. The second-order valence-electron chi connectivity index (χ2n) is 4.78. The lowest BCUT2D eigenvalue weighted by Gasteiger charge is -2.20. The van der Waals surface area contributed by atoms with Crippen LogP contribution in [0.1, 0.15) is 58.8 Å². The SMILES string of the molecule is CCCCC(CC)CC1(CO)CC1. The Bertz CT molecular complexity index is 138. The van der Waals surface area contributed by atoms with Crippen LogP contribution >= 0.6 is 0 Å².